The van der Waals surface area contributed by atoms with Gasteiger partial charge in [-0.15, -0.1) is 0 Å². The number of carbonyl (C=O) groups excluding carboxylic acids is 1. The molecule has 0 bridgehead atoms. The second-order valence-corrected chi connectivity index (χ2v) is 8.52. The first-order valence-corrected chi connectivity index (χ1v) is 11.1. The summed E-state index contributed by atoms with van der Waals surface area (Å²) in [6.45, 7) is 11.1. The molecule has 3 aromatic rings. The third-order valence-electron chi connectivity index (χ3n) is 6.19. The Morgan fingerprint density at radius 2 is 1.74 bits per heavy atom. The molecule has 2 heterocycles. The summed E-state index contributed by atoms with van der Waals surface area (Å²) in [5, 5.41) is 0.916. The smallest absolute Gasteiger partial charge is 0.290 e. The fraction of sp³-hybridized carbons (Fsp3) is 0.360. The van der Waals surface area contributed by atoms with Crippen molar-refractivity contribution in [3.8, 4) is 0 Å². The van der Waals surface area contributed by atoms with Gasteiger partial charge in [0.25, 0.3) is 5.91 Å². The van der Waals surface area contributed by atoms with E-state index in [0.717, 1.165) is 36.3 Å². The van der Waals surface area contributed by atoms with Crippen molar-refractivity contribution in [3.05, 3.63) is 79.7 Å². The highest BCUT2D eigenvalue weighted by Crippen LogP contribution is 2.38. The lowest BCUT2D eigenvalue weighted by Crippen LogP contribution is -2.37. The van der Waals surface area contributed by atoms with Gasteiger partial charge in [-0.25, -0.2) is 0 Å². The molecule has 0 spiro atoms. The third-order valence-corrected chi connectivity index (χ3v) is 6.60. The zero-order valence-electron chi connectivity index (χ0n) is 18.4. The summed E-state index contributed by atoms with van der Waals surface area (Å²) in [6, 6.07) is 10.9. The van der Waals surface area contributed by atoms with Crippen LogP contribution in [0.1, 0.15) is 52.7 Å². The molecule has 0 N–H and O–H groups in total. The zero-order chi connectivity index (χ0) is 22.3. The molecule has 1 aliphatic rings. The molecule has 6 heteroatoms. The minimum absolute atomic E-state index is 0.143. The van der Waals surface area contributed by atoms with Gasteiger partial charge in [0, 0.05) is 18.1 Å². The van der Waals surface area contributed by atoms with Crippen molar-refractivity contribution < 1.29 is 9.21 Å². The number of likely N-dealkylation sites (N-methyl/N-ethyl adjacent to an activating group) is 1. The molecular formula is C25H27ClN2O3. The van der Waals surface area contributed by atoms with Crippen LogP contribution in [0.2, 0.25) is 5.02 Å². The number of aryl methyl sites for hydroxylation is 2. The van der Waals surface area contributed by atoms with Gasteiger partial charge in [0.05, 0.1) is 17.0 Å². The Balaban J connectivity index is 1.89. The van der Waals surface area contributed by atoms with Crippen LogP contribution in [0, 0.1) is 13.8 Å². The molecule has 162 valence electrons. The van der Waals surface area contributed by atoms with E-state index in [0.29, 0.717) is 28.1 Å². The van der Waals surface area contributed by atoms with Gasteiger partial charge in [0.15, 0.2) is 5.43 Å². The first-order valence-electron chi connectivity index (χ1n) is 10.7. The fourth-order valence-corrected chi connectivity index (χ4v) is 4.42. The lowest BCUT2D eigenvalue weighted by atomic mass is 9.97. The van der Waals surface area contributed by atoms with Crippen LogP contribution in [0.5, 0.6) is 0 Å². The normalized spacial score (nSPS) is 15.9. The first-order chi connectivity index (χ1) is 14.8. The van der Waals surface area contributed by atoms with E-state index in [-0.39, 0.29) is 17.1 Å². The van der Waals surface area contributed by atoms with E-state index < -0.39 is 6.04 Å². The Morgan fingerprint density at radius 3 is 2.39 bits per heavy atom. The maximum atomic E-state index is 13.6. The van der Waals surface area contributed by atoms with E-state index in [4.69, 9.17) is 16.0 Å². The number of rotatable bonds is 6. The minimum Gasteiger partial charge on any atom is -0.450 e. The number of fused-ring (bicyclic) bond motifs is 2. The molecule has 31 heavy (non-hydrogen) atoms. The molecule has 0 saturated carbocycles. The van der Waals surface area contributed by atoms with Crippen molar-refractivity contribution in [1.82, 2.24) is 9.80 Å². The van der Waals surface area contributed by atoms with E-state index >= 15 is 0 Å². The van der Waals surface area contributed by atoms with Crippen molar-refractivity contribution in [2.75, 3.05) is 26.2 Å². The van der Waals surface area contributed by atoms with Gasteiger partial charge in [-0.2, -0.15) is 0 Å². The van der Waals surface area contributed by atoms with E-state index in [1.807, 2.05) is 38.1 Å². The quantitative estimate of drug-likeness (QED) is 0.546. The second-order valence-electron chi connectivity index (χ2n) is 8.11. The van der Waals surface area contributed by atoms with Gasteiger partial charge in [-0.05, 0) is 50.2 Å². The van der Waals surface area contributed by atoms with Gasteiger partial charge in [-0.3, -0.25) is 9.59 Å². The lowest BCUT2D eigenvalue weighted by Gasteiger charge is -2.28. The molecule has 0 fully saturated rings. The summed E-state index contributed by atoms with van der Waals surface area (Å²) in [7, 11) is 0. The Kier molecular flexibility index (Phi) is 5.91. The third kappa shape index (κ3) is 3.77. The van der Waals surface area contributed by atoms with Gasteiger partial charge in [0.1, 0.15) is 5.58 Å². The van der Waals surface area contributed by atoms with Gasteiger partial charge >= 0.3 is 0 Å². The number of carbonyl (C=O) groups is 1. The largest absolute Gasteiger partial charge is 0.450 e. The van der Waals surface area contributed by atoms with Crippen molar-refractivity contribution in [3.63, 3.8) is 0 Å². The molecule has 0 radical (unpaired) electrons. The van der Waals surface area contributed by atoms with Crippen molar-refractivity contribution >= 4 is 28.5 Å². The van der Waals surface area contributed by atoms with Crippen LogP contribution in [-0.2, 0) is 0 Å². The summed E-state index contributed by atoms with van der Waals surface area (Å²) >= 11 is 6.29. The SMILES string of the molecule is CCN(CC)CCN1C(=O)c2oc3cc(C)c(Cl)cc3c(=O)c2C1c1ccc(C)cc1. The van der Waals surface area contributed by atoms with Gasteiger partial charge in [0.2, 0.25) is 5.76 Å². The Bertz CT molecular complexity index is 1200. The maximum Gasteiger partial charge on any atom is 0.290 e. The number of amides is 1. The highest BCUT2D eigenvalue weighted by Gasteiger charge is 2.42. The fourth-order valence-electron chi connectivity index (χ4n) is 4.26. The van der Waals surface area contributed by atoms with Crippen LogP contribution >= 0.6 is 11.6 Å². The van der Waals surface area contributed by atoms with Crippen LogP contribution < -0.4 is 5.43 Å². The minimum atomic E-state index is -0.473. The maximum absolute atomic E-state index is 13.6. The van der Waals surface area contributed by atoms with Gasteiger partial charge < -0.3 is 14.2 Å². The summed E-state index contributed by atoms with van der Waals surface area (Å²) in [5.74, 6) is -0.0938. The average molecular weight is 439 g/mol. The predicted molar refractivity (Wildman–Crippen MR) is 124 cm³/mol. The Labute approximate surface area is 187 Å². The predicted octanol–water partition coefficient (Wildman–Crippen LogP) is 4.95. The molecular weight excluding hydrogens is 412 g/mol. The van der Waals surface area contributed by atoms with E-state index in [1.165, 1.54) is 0 Å². The molecule has 1 aromatic heterocycles. The average Bonchev–Trinajstić information content (AvgIpc) is 3.03. The van der Waals surface area contributed by atoms with Crippen molar-refractivity contribution in [1.29, 1.82) is 0 Å². The molecule has 0 aliphatic carbocycles. The topological polar surface area (TPSA) is 53.8 Å². The summed E-state index contributed by atoms with van der Waals surface area (Å²) < 4.78 is 6.03. The highest BCUT2D eigenvalue weighted by atomic mass is 35.5. The molecule has 1 aliphatic heterocycles. The number of halogens is 1. The summed E-state index contributed by atoms with van der Waals surface area (Å²) in [5.41, 5.74) is 3.43. The zero-order valence-corrected chi connectivity index (χ0v) is 19.1. The second kappa shape index (κ2) is 8.48. The monoisotopic (exact) mass is 438 g/mol. The Morgan fingerprint density at radius 1 is 1.06 bits per heavy atom. The standard InChI is InChI=1S/C25H27ClN2O3/c1-5-27(6-2)11-12-28-22(17-9-7-15(3)8-10-17)21-23(29)18-14-19(26)16(4)13-20(18)31-24(21)25(28)30/h7-10,13-14,22H,5-6,11-12H2,1-4H3. The van der Waals surface area contributed by atoms with Crippen LogP contribution in [-0.4, -0.2) is 41.9 Å². The number of benzene rings is 2. The molecule has 0 saturated heterocycles. The van der Waals surface area contributed by atoms with Crippen molar-refractivity contribution in [2.45, 2.75) is 33.7 Å². The van der Waals surface area contributed by atoms with Gasteiger partial charge in [-0.1, -0.05) is 55.3 Å². The number of nitrogens with zero attached hydrogens (tertiary/aromatic N) is 2. The van der Waals surface area contributed by atoms with E-state index in [1.54, 1.807) is 17.0 Å². The molecule has 1 atom stereocenters. The summed E-state index contributed by atoms with van der Waals surface area (Å²) in [4.78, 5) is 31.0. The molecule has 1 unspecified atom stereocenters. The van der Waals surface area contributed by atoms with E-state index in [9.17, 15) is 9.59 Å². The van der Waals surface area contributed by atoms with E-state index in [2.05, 4.69) is 18.7 Å². The van der Waals surface area contributed by atoms with Crippen LogP contribution in [0.15, 0.2) is 45.6 Å². The lowest BCUT2D eigenvalue weighted by molar-refractivity contribution is 0.0708. The van der Waals surface area contributed by atoms with Crippen LogP contribution in [0.4, 0.5) is 0 Å². The molecule has 1 amide bonds. The molecule has 4 rings (SSSR count). The molecule has 2 aromatic carbocycles. The van der Waals surface area contributed by atoms with Crippen LogP contribution in [0.3, 0.4) is 0 Å². The van der Waals surface area contributed by atoms with Crippen LogP contribution in [0.25, 0.3) is 11.0 Å². The highest BCUT2D eigenvalue weighted by molar-refractivity contribution is 6.32. The number of hydrogen-bond donors (Lipinski definition) is 0. The first kappa shape index (κ1) is 21.6. The summed E-state index contributed by atoms with van der Waals surface area (Å²) in [6.07, 6.45) is 0. The Hall–Kier alpha value is -2.63. The molecule has 5 nitrogen and oxygen atoms in total. The van der Waals surface area contributed by atoms with Crippen molar-refractivity contribution in [2.24, 2.45) is 0 Å². The number of hydrogen-bond acceptors (Lipinski definition) is 4.